The van der Waals surface area contributed by atoms with Crippen molar-refractivity contribution in [3.63, 3.8) is 0 Å². The van der Waals surface area contributed by atoms with E-state index in [4.69, 9.17) is 5.73 Å². The molecule has 0 heterocycles. The molecule has 0 atom stereocenters. The van der Waals surface area contributed by atoms with Crippen LogP contribution in [0.3, 0.4) is 0 Å². The Morgan fingerprint density at radius 3 is 2.59 bits per heavy atom. The lowest BCUT2D eigenvalue weighted by atomic mass is 10.2. The maximum atomic E-state index is 13.3. The van der Waals surface area contributed by atoms with Gasteiger partial charge in [-0.05, 0) is 23.8 Å². The van der Waals surface area contributed by atoms with Gasteiger partial charge in [0, 0.05) is 24.3 Å². The van der Waals surface area contributed by atoms with Crippen molar-refractivity contribution in [3.8, 4) is 0 Å². The molecule has 3 N–H and O–H groups in total. The molecule has 0 spiro atoms. The number of halogens is 1. The van der Waals surface area contributed by atoms with Gasteiger partial charge in [0.25, 0.3) is 0 Å². The van der Waals surface area contributed by atoms with Crippen LogP contribution in [0.5, 0.6) is 0 Å². The molecule has 17 heavy (non-hydrogen) atoms. The Morgan fingerprint density at radius 1 is 1.00 bits per heavy atom. The van der Waals surface area contributed by atoms with E-state index >= 15 is 0 Å². The summed E-state index contributed by atoms with van der Waals surface area (Å²) in [5.74, 6) is -0.174. The molecule has 0 unspecified atom stereocenters. The molecule has 0 radical (unpaired) electrons. The number of rotatable bonds is 4. The van der Waals surface area contributed by atoms with E-state index in [1.54, 1.807) is 12.1 Å². The highest BCUT2D eigenvalue weighted by Gasteiger charge is 1.99. The number of hydrogen-bond donors (Lipinski definition) is 2. The number of anilines is 1. The zero-order chi connectivity index (χ0) is 12.1. The minimum atomic E-state index is -0.174. The average molecular weight is 230 g/mol. The number of nitrogen functional groups attached to an aromatic ring is 1. The van der Waals surface area contributed by atoms with E-state index in [9.17, 15) is 4.39 Å². The first kappa shape index (κ1) is 11.6. The van der Waals surface area contributed by atoms with Crippen molar-refractivity contribution in [2.75, 3.05) is 5.73 Å². The highest BCUT2D eigenvalue weighted by atomic mass is 19.1. The Kier molecular flexibility index (Phi) is 3.73. The maximum absolute atomic E-state index is 13.3. The van der Waals surface area contributed by atoms with Gasteiger partial charge in [0.1, 0.15) is 5.82 Å². The van der Waals surface area contributed by atoms with Crippen molar-refractivity contribution >= 4 is 5.69 Å². The second-order valence-corrected chi connectivity index (χ2v) is 3.94. The molecule has 0 aliphatic rings. The van der Waals surface area contributed by atoms with Gasteiger partial charge in [-0.15, -0.1) is 0 Å². The summed E-state index contributed by atoms with van der Waals surface area (Å²) in [6, 6.07) is 14.4. The monoisotopic (exact) mass is 230 g/mol. The molecule has 2 nitrogen and oxygen atoms in total. The van der Waals surface area contributed by atoms with Crippen LogP contribution in [0.2, 0.25) is 0 Å². The molecule has 0 bridgehead atoms. The number of nitrogens with two attached hydrogens (primary N) is 1. The predicted molar refractivity (Wildman–Crippen MR) is 67.8 cm³/mol. The van der Waals surface area contributed by atoms with E-state index < -0.39 is 0 Å². The summed E-state index contributed by atoms with van der Waals surface area (Å²) in [5.41, 5.74) is 8.20. The van der Waals surface area contributed by atoms with Gasteiger partial charge < -0.3 is 11.1 Å². The van der Waals surface area contributed by atoms with Crippen LogP contribution in [0, 0.1) is 5.82 Å². The topological polar surface area (TPSA) is 38.0 Å². The lowest BCUT2D eigenvalue weighted by molar-refractivity contribution is 0.588. The third kappa shape index (κ3) is 3.29. The summed E-state index contributed by atoms with van der Waals surface area (Å²) in [4.78, 5) is 0. The van der Waals surface area contributed by atoms with E-state index in [2.05, 4.69) is 5.32 Å². The summed E-state index contributed by atoms with van der Waals surface area (Å²) in [7, 11) is 0. The van der Waals surface area contributed by atoms with Crippen molar-refractivity contribution in [1.82, 2.24) is 5.32 Å². The van der Waals surface area contributed by atoms with Crippen LogP contribution in [0.15, 0.2) is 48.5 Å². The zero-order valence-electron chi connectivity index (χ0n) is 9.49. The first-order valence-corrected chi connectivity index (χ1v) is 5.54. The Balaban J connectivity index is 1.90. The fraction of sp³-hybridized carbons (Fsp3) is 0.143. The molecule has 3 heteroatoms. The van der Waals surface area contributed by atoms with Gasteiger partial charge >= 0.3 is 0 Å². The molecule has 0 saturated heterocycles. The quantitative estimate of drug-likeness (QED) is 0.792. The average Bonchev–Trinajstić information content (AvgIpc) is 2.32. The summed E-state index contributed by atoms with van der Waals surface area (Å²) < 4.78 is 13.3. The van der Waals surface area contributed by atoms with Gasteiger partial charge in [0.2, 0.25) is 0 Å². The van der Waals surface area contributed by atoms with Crippen LogP contribution < -0.4 is 11.1 Å². The Morgan fingerprint density at radius 2 is 1.82 bits per heavy atom. The third-order valence-electron chi connectivity index (χ3n) is 2.55. The molecule has 0 aromatic heterocycles. The van der Waals surface area contributed by atoms with Gasteiger partial charge in [-0.3, -0.25) is 0 Å². The fourth-order valence-corrected chi connectivity index (χ4v) is 1.69. The van der Waals surface area contributed by atoms with Gasteiger partial charge in [0.05, 0.1) is 0 Å². The highest BCUT2D eigenvalue weighted by molar-refractivity contribution is 5.40. The molecule has 0 aliphatic carbocycles. The molecule has 2 aromatic carbocycles. The van der Waals surface area contributed by atoms with E-state index in [1.165, 1.54) is 6.07 Å². The van der Waals surface area contributed by atoms with Gasteiger partial charge in [0.15, 0.2) is 0 Å². The Labute approximate surface area is 100 Å². The largest absolute Gasteiger partial charge is 0.399 e. The standard InChI is InChI=1S/C14H15FN2/c15-14-7-2-1-5-12(14)10-17-9-11-4-3-6-13(16)8-11/h1-8,17H,9-10,16H2. The molecule has 2 aromatic rings. The SMILES string of the molecule is Nc1cccc(CNCc2ccccc2F)c1. The predicted octanol–water partition coefficient (Wildman–Crippen LogP) is 2.70. The number of nitrogens with one attached hydrogen (secondary N) is 1. The lowest BCUT2D eigenvalue weighted by Crippen LogP contribution is -2.13. The lowest BCUT2D eigenvalue weighted by Gasteiger charge is -2.06. The second kappa shape index (κ2) is 5.46. The molecule has 0 amide bonds. The van der Waals surface area contributed by atoms with Crippen molar-refractivity contribution in [2.24, 2.45) is 0 Å². The van der Waals surface area contributed by atoms with Crippen LogP contribution in [0.4, 0.5) is 10.1 Å². The van der Waals surface area contributed by atoms with E-state index in [0.29, 0.717) is 18.7 Å². The van der Waals surface area contributed by atoms with Gasteiger partial charge in [-0.25, -0.2) is 4.39 Å². The molecular weight excluding hydrogens is 215 g/mol. The summed E-state index contributed by atoms with van der Waals surface area (Å²) in [6.45, 7) is 1.20. The van der Waals surface area contributed by atoms with Crippen LogP contribution >= 0.6 is 0 Å². The minimum absolute atomic E-state index is 0.174. The summed E-state index contributed by atoms with van der Waals surface area (Å²) in [6.07, 6.45) is 0. The molecule has 0 saturated carbocycles. The van der Waals surface area contributed by atoms with Gasteiger partial charge in [-0.1, -0.05) is 30.3 Å². The van der Waals surface area contributed by atoms with Crippen LogP contribution in [0.1, 0.15) is 11.1 Å². The van der Waals surface area contributed by atoms with Gasteiger partial charge in [-0.2, -0.15) is 0 Å². The molecule has 0 fully saturated rings. The summed E-state index contributed by atoms with van der Waals surface area (Å²) >= 11 is 0. The minimum Gasteiger partial charge on any atom is -0.399 e. The van der Waals surface area contributed by atoms with E-state index in [-0.39, 0.29) is 5.82 Å². The molecule has 0 aliphatic heterocycles. The fourth-order valence-electron chi connectivity index (χ4n) is 1.69. The zero-order valence-corrected chi connectivity index (χ0v) is 9.49. The summed E-state index contributed by atoms with van der Waals surface area (Å²) in [5, 5.41) is 3.19. The number of hydrogen-bond acceptors (Lipinski definition) is 2. The second-order valence-electron chi connectivity index (χ2n) is 3.94. The molecule has 2 rings (SSSR count). The number of benzene rings is 2. The van der Waals surface area contributed by atoms with Crippen molar-refractivity contribution in [1.29, 1.82) is 0 Å². The highest BCUT2D eigenvalue weighted by Crippen LogP contribution is 2.08. The molecule has 88 valence electrons. The normalized spacial score (nSPS) is 10.4. The first-order chi connectivity index (χ1) is 8.25. The van der Waals surface area contributed by atoms with Crippen LogP contribution in [0.25, 0.3) is 0 Å². The molecular formula is C14H15FN2. The third-order valence-corrected chi connectivity index (χ3v) is 2.55. The Hall–Kier alpha value is -1.87. The van der Waals surface area contributed by atoms with Crippen molar-refractivity contribution in [3.05, 3.63) is 65.5 Å². The van der Waals surface area contributed by atoms with Crippen molar-refractivity contribution < 1.29 is 4.39 Å². The smallest absolute Gasteiger partial charge is 0.127 e. The van der Waals surface area contributed by atoms with Crippen LogP contribution in [-0.2, 0) is 13.1 Å². The van der Waals surface area contributed by atoms with Crippen molar-refractivity contribution in [2.45, 2.75) is 13.1 Å². The van der Waals surface area contributed by atoms with E-state index in [0.717, 1.165) is 11.3 Å². The maximum Gasteiger partial charge on any atom is 0.127 e. The van der Waals surface area contributed by atoms with E-state index in [1.807, 2.05) is 30.3 Å². The first-order valence-electron chi connectivity index (χ1n) is 5.54. The Bertz CT molecular complexity index is 497. The van der Waals surface area contributed by atoms with Crippen LogP contribution in [-0.4, -0.2) is 0 Å².